The first-order chi connectivity index (χ1) is 7.26. The average Bonchev–Trinajstić information content (AvgIpc) is 2.08. The molecule has 0 aliphatic carbocycles. The van der Waals surface area contributed by atoms with Gasteiger partial charge >= 0.3 is 0 Å². The standard InChI is InChI=1S/C14H26O2/c1-7-8-16-13(9-11(2)3)12(15)10-14(4,5)6/h13H,2,7-10H2,1,3-6H3. The Labute approximate surface area is 100 Å². The van der Waals surface area contributed by atoms with E-state index in [1.807, 2.05) is 13.8 Å². The van der Waals surface area contributed by atoms with Crippen molar-refractivity contribution in [1.82, 2.24) is 0 Å². The van der Waals surface area contributed by atoms with Gasteiger partial charge in [-0.15, -0.1) is 6.58 Å². The lowest BCUT2D eigenvalue weighted by molar-refractivity contribution is -0.132. The second-order valence-electron chi connectivity index (χ2n) is 5.72. The summed E-state index contributed by atoms with van der Waals surface area (Å²) in [5.41, 5.74) is 1.03. The summed E-state index contributed by atoms with van der Waals surface area (Å²) in [4.78, 5) is 12.0. The lowest BCUT2D eigenvalue weighted by Gasteiger charge is -2.22. The molecule has 0 rings (SSSR count). The quantitative estimate of drug-likeness (QED) is 0.618. The first kappa shape index (κ1) is 15.4. The number of ketones is 1. The van der Waals surface area contributed by atoms with Crippen LogP contribution in [0.2, 0.25) is 0 Å². The minimum absolute atomic E-state index is 0.0278. The zero-order valence-corrected chi connectivity index (χ0v) is 11.4. The Hall–Kier alpha value is -0.630. The predicted octanol–water partition coefficient (Wildman–Crippen LogP) is 3.75. The molecule has 0 radical (unpaired) electrons. The molecule has 0 heterocycles. The molecule has 0 aliphatic heterocycles. The van der Waals surface area contributed by atoms with E-state index in [0.717, 1.165) is 12.0 Å². The van der Waals surface area contributed by atoms with E-state index in [-0.39, 0.29) is 17.3 Å². The largest absolute Gasteiger partial charge is 0.370 e. The van der Waals surface area contributed by atoms with Crippen molar-refractivity contribution in [3.63, 3.8) is 0 Å². The number of carbonyl (C=O) groups is 1. The second kappa shape index (κ2) is 6.85. The van der Waals surface area contributed by atoms with Crippen molar-refractivity contribution in [2.75, 3.05) is 6.61 Å². The van der Waals surface area contributed by atoms with Crippen LogP contribution in [-0.4, -0.2) is 18.5 Å². The maximum Gasteiger partial charge on any atom is 0.162 e. The van der Waals surface area contributed by atoms with E-state index >= 15 is 0 Å². The van der Waals surface area contributed by atoms with Gasteiger partial charge in [-0.1, -0.05) is 33.3 Å². The third-order valence-corrected chi connectivity index (χ3v) is 2.12. The molecule has 16 heavy (non-hydrogen) atoms. The number of rotatable bonds is 7. The van der Waals surface area contributed by atoms with E-state index in [0.29, 0.717) is 19.4 Å². The summed E-state index contributed by atoms with van der Waals surface area (Å²) in [5, 5.41) is 0. The molecule has 0 saturated carbocycles. The number of ether oxygens (including phenoxy) is 1. The van der Waals surface area contributed by atoms with Crippen molar-refractivity contribution in [2.24, 2.45) is 5.41 Å². The Kier molecular flexibility index (Phi) is 6.58. The van der Waals surface area contributed by atoms with Gasteiger partial charge < -0.3 is 4.74 Å². The van der Waals surface area contributed by atoms with E-state index in [9.17, 15) is 4.79 Å². The second-order valence-corrected chi connectivity index (χ2v) is 5.72. The van der Waals surface area contributed by atoms with Gasteiger partial charge in [0.2, 0.25) is 0 Å². The van der Waals surface area contributed by atoms with E-state index in [1.165, 1.54) is 0 Å². The van der Waals surface area contributed by atoms with E-state index in [1.54, 1.807) is 0 Å². The third kappa shape index (κ3) is 7.63. The smallest absolute Gasteiger partial charge is 0.162 e. The van der Waals surface area contributed by atoms with Gasteiger partial charge in [-0.2, -0.15) is 0 Å². The highest BCUT2D eigenvalue weighted by atomic mass is 16.5. The van der Waals surface area contributed by atoms with Crippen LogP contribution in [0.5, 0.6) is 0 Å². The van der Waals surface area contributed by atoms with Crippen LogP contribution in [-0.2, 0) is 9.53 Å². The van der Waals surface area contributed by atoms with Gasteiger partial charge in [-0.3, -0.25) is 4.79 Å². The molecule has 2 heteroatoms. The van der Waals surface area contributed by atoms with E-state index in [4.69, 9.17) is 4.74 Å². The summed E-state index contributed by atoms with van der Waals surface area (Å²) in [7, 11) is 0. The number of Topliss-reactive ketones (excluding diaryl/α,β-unsaturated/α-hetero) is 1. The molecule has 94 valence electrons. The number of hydrogen-bond donors (Lipinski definition) is 0. The van der Waals surface area contributed by atoms with Crippen molar-refractivity contribution >= 4 is 5.78 Å². The third-order valence-electron chi connectivity index (χ3n) is 2.12. The maximum atomic E-state index is 12.0. The lowest BCUT2D eigenvalue weighted by Crippen LogP contribution is -2.28. The zero-order chi connectivity index (χ0) is 12.8. The Morgan fingerprint density at radius 2 is 1.94 bits per heavy atom. The van der Waals surface area contributed by atoms with Crippen molar-refractivity contribution in [1.29, 1.82) is 0 Å². The molecule has 0 aromatic heterocycles. The summed E-state index contributed by atoms with van der Waals surface area (Å²) >= 11 is 0. The van der Waals surface area contributed by atoms with Gasteiger partial charge in [0.05, 0.1) is 0 Å². The molecular weight excluding hydrogens is 200 g/mol. The van der Waals surface area contributed by atoms with Crippen LogP contribution in [0.25, 0.3) is 0 Å². The van der Waals surface area contributed by atoms with Crippen molar-refractivity contribution in [2.45, 2.75) is 60.0 Å². The van der Waals surface area contributed by atoms with Crippen LogP contribution in [0.1, 0.15) is 53.9 Å². The van der Waals surface area contributed by atoms with Gasteiger partial charge in [0, 0.05) is 19.4 Å². The summed E-state index contributed by atoms with van der Waals surface area (Å²) in [6, 6.07) is 0. The van der Waals surface area contributed by atoms with E-state index in [2.05, 4.69) is 27.4 Å². The molecule has 0 saturated heterocycles. The van der Waals surface area contributed by atoms with Crippen molar-refractivity contribution in [3.05, 3.63) is 12.2 Å². The molecular formula is C14H26O2. The molecule has 0 aromatic carbocycles. The van der Waals surface area contributed by atoms with Crippen LogP contribution in [0.3, 0.4) is 0 Å². The topological polar surface area (TPSA) is 26.3 Å². The van der Waals surface area contributed by atoms with Gasteiger partial charge in [0.15, 0.2) is 5.78 Å². The Morgan fingerprint density at radius 1 is 1.38 bits per heavy atom. The lowest BCUT2D eigenvalue weighted by atomic mass is 9.87. The Balaban J connectivity index is 4.37. The highest BCUT2D eigenvalue weighted by molar-refractivity contribution is 5.83. The molecule has 0 fully saturated rings. The van der Waals surface area contributed by atoms with Crippen LogP contribution < -0.4 is 0 Å². The SMILES string of the molecule is C=C(C)CC(OCCC)C(=O)CC(C)(C)C. The average molecular weight is 226 g/mol. The van der Waals surface area contributed by atoms with Crippen LogP contribution in [0.4, 0.5) is 0 Å². The van der Waals surface area contributed by atoms with Crippen LogP contribution in [0.15, 0.2) is 12.2 Å². The highest BCUT2D eigenvalue weighted by Crippen LogP contribution is 2.22. The zero-order valence-electron chi connectivity index (χ0n) is 11.4. The first-order valence-corrected chi connectivity index (χ1v) is 6.05. The molecule has 0 amide bonds. The Bertz CT molecular complexity index is 236. The first-order valence-electron chi connectivity index (χ1n) is 6.05. The molecule has 0 N–H and O–H groups in total. The monoisotopic (exact) mass is 226 g/mol. The summed E-state index contributed by atoms with van der Waals surface area (Å²) in [6.07, 6.45) is 1.86. The molecule has 0 aromatic rings. The fourth-order valence-electron chi connectivity index (χ4n) is 1.48. The van der Waals surface area contributed by atoms with Crippen LogP contribution >= 0.6 is 0 Å². The van der Waals surface area contributed by atoms with Gasteiger partial charge in [0.25, 0.3) is 0 Å². The molecule has 0 aliphatic rings. The van der Waals surface area contributed by atoms with Crippen molar-refractivity contribution < 1.29 is 9.53 Å². The fraction of sp³-hybridized carbons (Fsp3) is 0.786. The molecule has 0 spiro atoms. The molecule has 0 bridgehead atoms. The molecule has 1 unspecified atom stereocenters. The van der Waals surface area contributed by atoms with Crippen LogP contribution in [0, 0.1) is 5.41 Å². The summed E-state index contributed by atoms with van der Waals surface area (Å²) in [5.74, 6) is 0.198. The molecule has 2 nitrogen and oxygen atoms in total. The number of hydrogen-bond acceptors (Lipinski definition) is 2. The normalized spacial score (nSPS) is 13.6. The minimum Gasteiger partial charge on any atom is -0.370 e. The van der Waals surface area contributed by atoms with Gasteiger partial charge in [-0.05, 0) is 18.8 Å². The fourth-order valence-corrected chi connectivity index (χ4v) is 1.48. The van der Waals surface area contributed by atoms with Crippen molar-refractivity contribution in [3.8, 4) is 0 Å². The maximum absolute atomic E-state index is 12.0. The van der Waals surface area contributed by atoms with Gasteiger partial charge in [0.1, 0.15) is 6.10 Å². The summed E-state index contributed by atoms with van der Waals surface area (Å²) < 4.78 is 5.60. The highest BCUT2D eigenvalue weighted by Gasteiger charge is 2.24. The Morgan fingerprint density at radius 3 is 2.31 bits per heavy atom. The predicted molar refractivity (Wildman–Crippen MR) is 68.5 cm³/mol. The molecule has 1 atom stereocenters. The van der Waals surface area contributed by atoms with E-state index < -0.39 is 0 Å². The minimum atomic E-state index is -0.295. The number of carbonyl (C=O) groups excluding carboxylic acids is 1. The van der Waals surface area contributed by atoms with Gasteiger partial charge in [-0.25, -0.2) is 0 Å². The summed E-state index contributed by atoms with van der Waals surface area (Å²) in [6.45, 7) is 14.7.